The lowest BCUT2D eigenvalue weighted by atomic mass is 9.88. The monoisotopic (exact) mass is 365 g/mol. The van der Waals surface area contributed by atoms with E-state index in [2.05, 4.69) is 5.32 Å². The van der Waals surface area contributed by atoms with Crippen molar-refractivity contribution in [2.45, 2.75) is 11.8 Å². The maximum absolute atomic E-state index is 15.9. The van der Waals surface area contributed by atoms with E-state index in [9.17, 15) is 18.0 Å². The zero-order valence-electron chi connectivity index (χ0n) is 14.7. The summed E-state index contributed by atoms with van der Waals surface area (Å²) in [6.07, 6.45) is -4.69. The second-order valence-corrected chi connectivity index (χ2v) is 5.55. The van der Waals surface area contributed by atoms with Crippen LogP contribution in [0.5, 0.6) is 5.75 Å². The fraction of sp³-hybridized carbons (Fsp3) is 0.188. The maximum atomic E-state index is 15.9. The highest BCUT2D eigenvalue weighted by Gasteiger charge is 2.51. The third kappa shape index (κ3) is 2.39. The summed E-state index contributed by atoms with van der Waals surface area (Å²) >= 11 is 5.85. The van der Waals surface area contributed by atoms with Crippen LogP contribution in [0.2, 0.25) is 5.02 Å². The van der Waals surface area contributed by atoms with Gasteiger partial charge in [-0.3, -0.25) is 4.79 Å². The van der Waals surface area contributed by atoms with Crippen LogP contribution in [0, 0.1) is 0 Å². The van der Waals surface area contributed by atoms with Gasteiger partial charge in [-0.05, 0) is 30.3 Å². The molecule has 1 N–H and O–H groups in total. The standard InChI is InChI=1S/C16H10ClF4NO2/c1-24-13-5-3-9(17)7-11(13)15(18)10-4-2-8(16(19,20)21)6-12(10)22-14(15)23/h2-7H,1H3,(H,22,23)/i1T3. The molecule has 126 valence electrons. The van der Waals surface area contributed by atoms with Crippen molar-refractivity contribution in [1.82, 2.24) is 0 Å². The van der Waals surface area contributed by atoms with Crippen LogP contribution in [0.25, 0.3) is 0 Å². The number of rotatable bonds is 2. The van der Waals surface area contributed by atoms with Gasteiger partial charge < -0.3 is 10.1 Å². The van der Waals surface area contributed by atoms with Gasteiger partial charge in [0.2, 0.25) is 5.67 Å². The Kier molecular flexibility index (Phi) is 2.92. The van der Waals surface area contributed by atoms with Crippen molar-refractivity contribution in [3.8, 4) is 5.75 Å². The average Bonchev–Trinajstić information content (AvgIpc) is 2.78. The smallest absolute Gasteiger partial charge is 0.416 e. The number of halogens is 5. The first-order valence-electron chi connectivity index (χ1n) is 8.03. The van der Waals surface area contributed by atoms with Gasteiger partial charge in [-0.1, -0.05) is 17.7 Å². The van der Waals surface area contributed by atoms with Crippen LogP contribution < -0.4 is 10.1 Å². The van der Waals surface area contributed by atoms with E-state index in [1.807, 2.05) is 0 Å². The van der Waals surface area contributed by atoms with E-state index in [0.717, 1.165) is 18.2 Å². The number of benzene rings is 2. The first-order chi connectivity index (χ1) is 12.3. The van der Waals surface area contributed by atoms with Crippen LogP contribution in [0.3, 0.4) is 0 Å². The molecule has 1 unspecified atom stereocenters. The Morgan fingerprint density at radius 1 is 1.21 bits per heavy atom. The molecule has 0 fully saturated rings. The highest BCUT2D eigenvalue weighted by atomic mass is 35.5. The minimum atomic E-state index is -4.69. The van der Waals surface area contributed by atoms with Crippen molar-refractivity contribution >= 4 is 23.2 Å². The summed E-state index contributed by atoms with van der Waals surface area (Å²) in [5, 5.41) is 2.03. The Bertz CT molecular complexity index is 933. The number of carbonyl (C=O) groups excluding carboxylic acids is 1. The molecule has 2 aromatic carbocycles. The van der Waals surface area contributed by atoms with Gasteiger partial charge in [-0.25, -0.2) is 4.39 Å². The molecule has 0 radical (unpaired) electrons. The van der Waals surface area contributed by atoms with E-state index in [1.165, 1.54) is 6.07 Å². The minimum Gasteiger partial charge on any atom is -0.496 e. The highest BCUT2D eigenvalue weighted by Crippen LogP contribution is 2.48. The molecular formula is C16H10ClF4NO2. The third-order valence-corrected chi connectivity index (χ3v) is 3.94. The molecule has 1 aliphatic heterocycles. The summed E-state index contributed by atoms with van der Waals surface area (Å²) in [6.45, 7) is 0. The number of nitrogens with one attached hydrogen (secondary N) is 1. The van der Waals surface area contributed by atoms with Crippen molar-refractivity contribution in [3.05, 3.63) is 58.1 Å². The number of fused-ring (bicyclic) bond motifs is 1. The third-order valence-electron chi connectivity index (χ3n) is 3.70. The van der Waals surface area contributed by atoms with Crippen molar-refractivity contribution in [1.29, 1.82) is 0 Å². The summed E-state index contributed by atoms with van der Waals surface area (Å²) in [5.74, 6) is -1.76. The van der Waals surface area contributed by atoms with E-state index in [1.54, 1.807) is 0 Å². The Morgan fingerprint density at radius 2 is 1.96 bits per heavy atom. The van der Waals surface area contributed by atoms with Crippen LogP contribution in [0.4, 0.5) is 23.2 Å². The van der Waals surface area contributed by atoms with Crippen LogP contribution in [0.15, 0.2) is 36.4 Å². The van der Waals surface area contributed by atoms with E-state index in [4.69, 9.17) is 20.5 Å². The number of carbonyl (C=O) groups is 1. The fourth-order valence-electron chi connectivity index (χ4n) is 2.58. The lowest BCUT2D eigenvalue weighted by Gasteiger charge is -2.21. The molecule has 1 atom stereocenters. The molecule has 1 heterocycles. The molecule has 0 spiro atoms. The van der Waals surface area contributed by atoms with Crippen molar-refractivity contribution in [2.75, 3.05) is 12.4 Å². The number of methoxy groups -OCH3 is 1. The fourth-order valence-corrected chi connectivity index (χ4v) is 2.76. The Balaban J connectivity index is 2.19. The predicted octanol–water partition coefficient (Wildman–Crippen LogP) is 4.53. The first kappa shape index (κ1) is 13.1. The Labute approximate surface area is 143 Å². The van der Waals surface area contributed by atoms with Gasteiger partial charge in [0.15, 0.2) is 0 Å². The lowest BCUT2D eigenvalue weighted by molar-refractivity contribution is -0.137. The van der Waals surface area contributed by atoms with Crippen molar-refractivity contribution in [2.24, 2.45) is 0 Å². The zero-order valence-corrected chi connectivity index (χ0v) is 12.4. The Hall–Kier alpha value is -2.28. The molecular weight excluding hydrogens is 350 g/mol. The van der Waals surface area contributed by atoms with Gasteiger partial charge in [-0.2, -0.15) is 13.2 Å². The zero-order chi connectivity index (χ0) is 20.2. The predicted molar refractivity (Wildman–Crippen MR) is 80.0 cm³/mol. The van der Waals surface area contributed by atoms with E-state index in [0.29, 0.717) is 12.1 Å². The van der Waals surface area contributed by atoms with Gasteiger partial charge in [0.25, 0.3) is 5.91 Å². The average molecular weight is 366 g/mol. The summed E-state index contributed by atoms with van der Waals surface area (Å²) in [5.41, 5.74) is -5.36. The van der Waals surface area contributed by atoms with Gasteiger partial charge >= 0.3 is 6.18 Å². The van der Waals surface area contributed by atoms with Crippen LogP contribution in [0.1, 0.15) is 20.8 Å². The topological polar surface area (TPSA) is 38.3 Å². The summed E-state index contributed by atoms with van der Waals surface area (Å²) in [6, 6.07) is 5.34. The normalized spacial score (nSPS) is 22.2. The molecule has 0 aliphatic carbocycles. The summed E-state index contributed by atoms with van der Waals surface area (Å²) < 4.78 is 80.7. The van der Waals surface area contributed by atoms with Crippen LogP contribution in [-0.4, -0.2) is 12.9 Å². The number of amides is 1. The molecule has 1 amide bonds. The molecule has 0 saturated heterocycles. The number of ether oxygens (including phenoxy) is 1. The number of hydrogen-bond donors (Lipinski definition) is 1. The molecule has 1 aliphatic rings. The van der Waals surface area contributed by atoms with Crippen molar-refractivity contribution in [3.63, 3.8) is 0 Å². The lowest BCUT2D eigenvalue weighted by Crippen LogP contribution is -2.31. The summed E-state index contributed by atoms with van der Waals surface area (Å²) in [4.78, 5) is 12.3. The molecule has 24 heavy (non-hydrogen) atoms. The van der Waals surface area contributed by atoms with E-state index in [-0.39, 0.29) is 10.7 Å². The second kappa shape index (κ2) is 5.37. The van der Waals surface area contributed by atoms with Crippen LogP contribution >= 0.6 is 11.6 Å². The van der Waals surface area contributed by atoms with Gasteiger partial charge in [0, 0.05) is 21.8 Å². The Morgan fingerprint density at radius 3 is 2.62 bits per heavy atom. The van der Waals surface area contributed by atoms with Gasteiger partial charge in [0.05, 0.1) is 16.7 Å². The van der Waals surface area contributed by atoms with Crippen molar-refractivity contribution < 1.29 is 31.2 Å². The summed E-state index contributed by atoms with van der Waals surface area (Å²) in [7, 11) is -2.95. The molecule has 3 rings (SSSR count). The van der Waals surface area contributed by atoms with Gasteiger partial charge in [0.1, 0.15) is 5.75 Å². The maximum Gasteiger partial charge on any atom is 0.416 e. The largest absolute Gasteiger partial charge is 0.496 e. The minimum absolute atomic E-state index is 0.0203. The molecule has 2 aromatic rings. The SMILES string of the molecule is [3H]C([3H])([3H])Oc1ccc(Cl)cc1C1(F)C(=O)Nc2cc(C(F)(F)F)ccc21. The number of hydrogen-bond acceptors (Lipinski definition) is 2. The highest BCUT2D eigenvalue weighted by molar-refractivity contribution is 6.30. The number of alkyl halides is 4. The number of anilines is 1. The molecule has 3 nitrogen and oxygen atoms in total. The first-order valence-corrected chi connectivity index (χ1v) is 6.91. The quantitative estimate of drug-likeness (QED) is 0.794. The molecule has 0 aromatic heterocycles. The van der Waals surface area contributed by atoms with E-state index < -0.39 is 47.2 Å². The van der Waals surface area contributed by atoms with E-state index >= 15 is 4.39 Å². The molecule has 0 saturated carbocycles. The molecule has 0 bridgehead atoms. The van der Waals surface area contributed by atoms with Crippen LogP contribution in [-0.2, 0) is 16.6 Å². The van der Waals surface area contributed by atoms with Gasteiger partial charge in [-0.15, -0.1) is 0 Å². The second-order valence-electron chi connectivity index (χ2n) is 5.11. The molecule has 8 heteroatoms.